The number of para-hydroxylation sites is 1. The van der Waals surface area contributed by atoms with E-state index < -0.39 is 9.84 Å². The first-order valence-electron chi connectivity index (χ1n) is 7.11. The summed E-state index contributed by atoms with van der Waals surface area (Å²) < 4.78 is 23.8. The number of anilines is 1. The second kappa shape index (κ2) is 6.21. The van der Waals surface area contributed by atoms with Gasteiger partial charge in [0.05, 0.1) is 21.7 Å². The second-order valence-corrected chi connectivity index (χ2v) is 8.53. The van der Waals surface area contributed by atoms with Gasteiger partial charge >= 0.3 is 0 Å². The largest absolute Gasteiger partial charge is 0.361 e. The monoisotopic (exact) mass is 339 g/mol. The van der Waals surface area contributed by atoms with Gasteiger partial charge in [-0.2, -0.15) is 0 Å². The van der Waals surface area contributed by atoms with Crippen LogP contribution in [-0.4, -0.2) is 55.3 Å². The molecule has 22 heavy (non-hydrogen) atoms. The molecule has 1 amide bonds. The predicted molar refractivity (Wildman–Crippen MR) is 88.0 cm³/mol. The lowest BCUT2D eigenvalue weighted by Crippen LogP contribution is -2.44. The van der Waals surface area contributed by atoms with Crippen LogP contribution in [0.3, 0.4) is 0 Å². The maximum atomic E-state index is 12.0. The molecule has 118 valence electrons. The molecular formula is C14H17N3O3S2. The topological polar surface area (TPSA) is 79.4 Å². The normalized spacial score (nSPS) is 17.5. The van der Waals surface area contributed by atoms with Crippen molar-refractivity contribution in [3.05, 3.63) is 24.3 Å². The molecule has 1 aliphatic heterocycles. The van der Waals surface area contributed by atoms with Gasteiger partial charge in [-0.1, -0.05) is 23.5 Å². The van der Waals surface area contributed by atoms with Crippen LogP contribution in [0.4, 0.5) is 5.13 Å². The van der Waals surface area contributed by atoms with Crippen LogP contribution >= 0.6 is 11.3 Å². The Morgan fingerprint density at radius 2 is 2.00 bits per heavy atom. The molecule has 2 aromatic rings. The van der Waals surface area contributed by atoms with Crippen LogP contribution in [0.5, 0.6) is 0 Å². The Morgan fingerprint density at radius 1 is 1.27 bits per heavy atom. The summed E-state index contributed by atoms with van der Waals surface area (Å²) >= 11 is 1.56. The lowest BCUT2D eigenvalue weighted by atomic mass is 10.3. The van der Waals surface area contributed by atoms with E-state index in [4.69, 9.17) is 0 Å². The molecule has 0 spiro atoms. The first-order valence-corrected chi connectivity index (χ1v) is 9.75. The van der Waals surface area contributed by atoms with Gasteiger partial charge in [-0.25, -0.2) is 13.4 Å². The molecule has 0 atom stereocenters. The standard InChI is InChI=1S/C14H17N3O3S2/c18-13(17-7-9-22(19,20)10-8-17)5-6-15-14-16-11-3-1-2-4-12(11)21-14/h1-4H,5-10H2,(H,15,16). The van der Waals surface area contributed by atoms with Gasteiger partial charge in [0, 0.05) is 26.1 Å². The zero-order valence-corrected chi connectivity index (χ0v) is 13.6. The highest BCUT2D eigenvalue weighted by Gasteiger charge is 2.24. The van der Waals surface area contributed by atoms with Crippen molar-refractivity contribution in [1.82, 2.24) is 9.88 Å². The number of nitrogens with one attached hydrogen (secondary N) is 1. The molecule has 0 radical (unpaired) electrons. The summed E-state index contributed by atoms with van der Waals surface area (Å²) in [5.74, 6) is 0.136. The molecule has 8 heteroatoms. The number of hydrogen-bond acceptors (Lipinski definition) is 6. The summed E-state index contributed by atoms with van der Waals surface area (Å²) in [6, 6.07) is 7.88. The van der Waals surface area contributed by atoms with Crippen molar-refractivity contribution in [2.75, 3.05) is 36.5 Å². The summed E-state index contributed by atoms with van der Waals surface area (Å²) in [4.78, 5) is 18.1. The van der Waals surface area contributed by atoms with E-state index in [9.17, 15) is 13.2 Å². The summed E-state index contributed by atoms with van der Waals surface area (Å²) in [5, 5.41) is 3.96. The van der Waals surface area contributed by atoms with Gasteiger partial charge in [-0.05, 0) is 12.1 Å². The molecule has 0 aliphatic carbocycles. The predicted octanol–water partition coefficient (Wildman–Crippen LogP) is 1.36. The zero-order valence-electron chi connectivity index (χ0n) is 12.0. The fourth-order valence-electron chi connectivity index (χ4n) is 2.34. The number of carbonyl (C=O) groups excluding carboxylic acids is 1. The van der Waals surface area contributed by atoms with E-state index in [2.05, 4.69) is 10.3 Å². The van der Waals surface area contributed by atoms with Crippen LogP contribution in [0.1, 0.15) is 6.42 Å². The Morgan fingerprint density at radius 3 is 2.73 bits per heavy atom. The summed E-state index contributed by atoms with van der Waals surface area (Å²) in [6.07, 6.45) is 0.343. The van der Waals surface area contributed by atoms with E-state index in [1.54, 1.807) is 16.2 Å². The van der Waals surface area contributed by atoms with Crippen LogP contribution in [-0.2, 0) is 14.6 Å². The number of rotatable bonds is 4. The number of fused-ring (bicyclic) bond motifs is 1. The minimum Gasteiger partial charge on any atom is -0.361 e. The summed E-state index contributed by atoms with van der Waals surface area (Å²) in [5.41, 5.74) is 0.947. The Balaban J connectivity index is 1.49. The Kier molecular flexibility index (Phi) is 4.30. The van der Waals surface area contributed by atoms with Gasteiger partial charge in [-0.15, -0.1) is 0 Å². The minimum atomic E-state index is -2.95. The van der Waals surface area contributed by atoms with Crippen molar-refractivity contribution >= 4 is 42.4 Å². The first kappa shape index (κ1) is 15.2. The molecule has 1 aromatic carbocycles. The number of carbonyl (C=O) groups is 1. The Bertz CT molecular complexity index is 738. The molecule has 0 unspecified atom stereocenters. The van der Waals surface area contributed by atoms with E-state index in [-0.39, 0.29) is 17.4 Å². The average molecular weight is 339 g/mol. The average Bonchev–Trinajstić information content (AvgIpc) is 2.89. The number of amides is 1. The molecule has 6 nitrogen and oxygen atoms in total. The zero-order chi connectivity index (χ0) is 15.6. The molecule has 1 N–H and O–H groups in total. The smallest absolute Gasteiger partial charge is 0.224 e. The third-order valence-corrected chi connectivity index (χ3v) is 6.21. The number of aromatic nitrogens is 1. The van der Waals surface area contributed by atoms with Gasteiger partial charge in [0.1, 0.15) is 0 Å². The number of thiazole rings is 1. The van der Waals surface area contributed by atoms with Gasteiger partial charge < -0.3 is 10.2 Å². The molecular weight excluding hydrogens is 322 g/mol. The molecule has 1 aliphatic rings. The highest BCUT2D eigenvalue weighted by Crippen LogP contribution is 2.25. The van der Waals surface area contributed by atoms with Crippen molar-refractivity contribution < 1.29 is 13.2 Å². The van der Waals surface area contributed by atoms with Crippen LogP contribution in [0.25, 0.3) is 10.2 Å². The van der Waals surface area contributed by atoms with Crippen LogP contribution in [0.2, 0.25) is 0 Å². The van der Waals surface area contributed by atoms with Gasteiger partial charge in [0.2, 0.25) is 5.91 Å². The molecule has 3 rings (SSSR count). The molecule has 0 saturated carbocycles. The van der Waals surface area contributed by atoms with Gasteiger partial charge in [-0.3, -0.25) is 4.79 Å². The number of hydrogen-bond donors (Lipinski definition) is 1. The van der Waals surface area contributed by atoms with Crippen LogP contribution in [0, 0.1) is 0 Å². The highest BCUT2D eigenvalue weighted by atomic mass is 32.2. The number of benzene rings is 1. The maximum Gasteiger partial charge on any atom is 0.224 e. The van der Waals surface area contributed by atoms with E-state index in [0.717, 1.165) is 15.3 Å². The summed E-state index contributed by atoms with van der Waals surface area (Å²) in [6.45, 7) is 1.12. The third-order valence-electron chi connectivity index (χ3n) is 3.61. The second-order valence-electron chi connectivity index (χ2n) is 5.20. The van der Waals surface area contributed by atoms with Gasteiger partial charge in [0.25, 0.3) is 0 Å². The Labute approximate surface area is 133 Å². The fraction of sp³-hybridized carbons (Fsp3) is 0.429. The lowest BCUT2D eigenvalue weighted by molar-refractivity contribution is -0.130. The first-order chi connectivity index (χ1) is 10.5. The Hall–Kier alpha value is -1.67. The van der Waals surface area contributed by atoms with Crippen molar-refractivity contribution in [3.8, 4) is 0 Å². The summed E-state index contributed by atoms with van der Waals surface area (Å²) in [7, 11) is -2.95. The SMILES string of the molecule is O=C(CCNc1nc2ccccc2s1)N1CCS(=O)(=O)CC1. The van der Waals surface area contributed by atoms with Crippen LogP contribution in [0.15, 0.2) is 24.3 Å². The number of nitrogens with zero attached hydrogens (tertiary/aromatic N) is 2. The van der Waals surface area contributed by atoms with E-state index in [1.165, 1.54) is 0 Å². The van der Waals surface area contributed by atoms with Crippen molar-refractivity contribution in [3.63, 3.8) is 0 Å². The van der Waals surface area contributed by atoms with E-state index in [1.807, 2.05) is 24.3 Å². The quantitative estimate of drug-likeness (QED) is 0.910. The van der Waals surface area contributed by atoms with Crippen molar-refractivity contribution in [2.45, 2.75) is 6.42 Å². The van der Waals surface area contributed by atoms with Gasteiger partial charge in [0.15, 0.2) is 15.0 Å². The molecule has 1 aromatic heterocycles. The molecule has 0 bridgehead atoms. The fourth-order valence-corrected chi connectivity index (χ4v) is 4.44. The van der Waals surface area contributed by atoms with Crippen molar-refractivity contribution in [1.29, 1.82) is 0 Å². The molecule has 2 heterocycles. The maximum absolute atomic E-state index is 12.0. The highest BCUT2D eigenvalue weighted by molar-refractivity contribution is 7.91. The number of sulfone groups is 1. The van der Waals surface area contributed by atoms with Crippen LogP contribution < -0.4 is 5.32 Å². The minimum absolute atomic E-state index is 0.0106. The van der Waals surface area contributed by atoms with E-state index in [0.29, 0.717) is 26.1 Å². The lowest BCUT2D eigenvalue weighted by Gasteiger charge is -2.26. The molecule has 1 fully saturated rings. The molecule has 1 saturated heterocycles. The van der Waals surface area contributed by atoms with E-state index >= 15 is 0 Å². The third kappa shape index (κ3) is 3.56. The van der Waals surface area contributed by atoms with Crippen molar-refractivity contribution in [2.24, 2.45) is 0 Å².